The zero-order valence-electron chi connectivity index (χ0n) is 18.7. The predicted octanol–water partition coefficient (Wildman–Crippen LogP) is 3.81. The number of thiazole rings is 1. The molecule has 0 unspecified atom stereocenters. The minimum atomic E-state index is -3.43. The molecule has 3 aromatic rings. The van der Waals surface area contributed by atoms with Crippen LogP contribution in [0.1, 0.15) is 42.3 Å². The maximum atomic E-state index is 12.9. The van der Waals surface area contributed by atoms with Gasteiger partial charge in [-0.2, -0.15) is 4.99 Å². The number of nitrogens with zero attached hydrogens (tertiary/aromatic N) is 2. The molecule has 0 aliphatic rings. The SMILES string of the molecule is CCOC(=O)Cn1c(=NC(=O)c2ccc(S(=O)(=O)C(C)C)cc2)sc2c(C)cc(C)cc21. The van der Waals surface area contributed by atoms with Crippen molar-refractivity contribution in [3.63, 3.8) is 0 Å². The number of aryl methyl sites for hydroxylation is 2. The first-order chi connectivity index (χ1) is 15.0. The van der Waals surface area contributed by atoms with Gasteiger partial charge in [-0.3, -0.25) is 9.59 Å². The highest BCUT2D eigenvalue weighted by atomic mass is 32.2. The molecule has 0 saturated heterocycles. The van der Waals surface area contributed by atoms with Crippen molar-refractivity contribution >= 4 is 43.3 Å². The summed E-state index contributed by atoms with van der Waals surface area (Å²) in [5.41, 5.74) is 3.14. The Hall–Kier alpha value is -2.78. The highest BCUT2D eigenvalue weighted by Crippen LogP contribution is 2.24. The summed E-state index contributed by atoms with van der Waals surface area (Å²) in [5.74, 6) is -0.930. The monoisotopic (exact) mass is 474 g/mol. The Bertz CT molecular complexity index is 1350. The van der Waals surface area contributed by atoms with E-state index in [1.165, 1.54) is 35.6 Å². The second kappa shape index (κ2) is 9.38. The fraction of sp³-hybridized carbons (Fsp3) is 0.348. The Labute approximate surface area is 191 Å². The second-order valence-electron chi connectivity index (χ2n) is 7.74. The van der Waals surface area contributed by atoms with E-state index in [2.05, 4.69) is 4.99 Å². The third-order valence-corrected chi connectivity index (χ3v) is 8.35. The number of hydrogen-bond donors (Lipinski definition) is 0. The van der Waals surface area contributed by atoms with Crippen LogP contribution in [0.15, 0.2) is 46.3 Å². The fourth-order valence-corrected chi connectivity index (χ4v) is 5.43. The quantitative estimate of drug-likeness (QED) is 0.507. The van der Waals surface area contributed by atoms with Crippen LogP contribution in [-0.2, 0) is 25.9 Å². The number of ether oxygens (including phenoxy) is 1. The Balaban J connectivity index is 2.08. The number of carbonyl (C=O) groups is 2. The minimum absolute atomic E-state index is 0.0611. The molecule has 0 radical (unpaired) electrons. The number of hydrogen-bond acceptors (Lipinski definition) is 6. The van der Waals surface area contributed by atoms with Gasteiger partial charge in [0.1, 0.15) is 6.54 Å². The van der Waals surface area contributed by atoms with Crippen LogP contribution in [0.2, 0.25) is 0 Å². The maximum absolute atomic E-state index is 12.9. The zero-order valence-corrected chi connectivity index (χ0v) is 20.3. The minimum Gasteiger partial charge on any atom is -0.465 e. The third kappa shape index (κ3) is 4.83. The zero-order chi connectivity index (χ0) is 23.6. The summed E-state index contributed by atoms with van der Waals surface area (Å²) in [7, 11) is -3.43. The van der Waals surface area contributed by atoms with E-state index in [-0.39, 0.29) is 23.6 Å². The number of fused-ring (bicyclic) bond motifs is 1. The standard InChI is InChI=1S/C23H26N2O5S2/c1-6-30-20(26)13-25-19-12-15(4)11-16(5)21(19)31-23(25)24-22(27)17-7-9-18(10-8-17)32(28,29)14(2)3/h7-12,14H,6,13H2,1-5H3. The summed E-state index contributed by atoms with van der Waals surface area (Å²) in [5, 5.41) is -0.555. The number of sulfone groups is 1. The molecule has 1 aromatic heterocycles. The molecule has 0 atom stereocenters. The van der Waals surface area contributed by atoms with Gasteiger partial charge in [-0.1, -0.05) is 17.4 Å². The van der Waals surface area contributed by atoms with Crippen molar-refractivity contribution in [2.45, 2.75) is 51.3 Å². The molecule has 170 valence electrons. The number of amides is 1. The summed E-state index contributed by atoms with van der Waals surface area (Å²) in [6, 6.07) is 9.74. The highest BCUT2D eigenvalue weighted by molar-refractivity contribution is 7.92. The normalized spacial score (nSPS) is 12.5. The van der Waals surface area contributed by atoms with E-state index < -0.39 is 27.0 Å². The van der Waals surface area contributed by atoms with Gasteiger partial charge in [0.2, 0.25) is 0 Å². The molecule has 9 heteroatoms. The molecule has 7 nitrogen and oxygen atoms in total. The molecular formula is C23H26N2O5S2. The van der Waals surface area contributed by atoms with Crippen LogP contribution in [0.4, 0.5) is 0 Å². The number of esters is 1. The first-order valence-corrected chi connectivity index (χ1v) is 12.6. The smallest absolute Gasteiger partial charge is 0.326 e. The van der Waals surface area contributed by atoms with Crippen LogP contribution >= 0.6 is 11.3 Å². The van der Waals surface area contributed by atoms with E-state index in [0.29, 0.717) is 4.80 Å². The molecule has 0 fully saturated rings. The molecule has 0 bridgehead atoms. The van der Waals surface area contributed by atoms with E-state index in [9.17, 15) is 18.0 Å². The lowest BCUT2D eigenvalue weighted by molar-refractivity contribution is -0.143. The number of benzene rings is 2. The van der Waals surface area contributed by atoms with Crippen molar-refractivity contribution < 1.29 is 22.7 Å². The predicted molar refractivity (Wildman–Crippen MR) is 125 cm³/mol. The van der Waals surface area contributed by atoms with Crippen molar-refractivity contribution in [3.05, 3.63) is 57.9 Å². The Morgan fingerprint density at radius 2 is 1.78 bits per heavy atom. The van der Waals surface area contributed by atoms with E-state index in [1.807, 2.05) is 26.0 Å². The van der Waals surface area contributed by atoms with Crippen LogP contribution in [0.25, 0.3) is 10.2 Å². The van der Waals surface area contributed by atoms with Gasteiger partial charge >= 0.3 is 5.97 Å². The van der Waals surface area contributed by atoms with Gasteiger partial charge in [-0.15, -0.1) is 0 Å². The molecule has 0 aliphatic carbocycles. The molecule has 2 aromatic carbocycles. The molecular weight excluding hydrogens is 448 g/mol. The highest BCUT2D eigenvalue weighted by Gasteiger charge is 2.20. The van der Waals surface area contributed by atoms with Gasteiger partial charge in [0.15, 0.2) is 14.6 Å². The maximum Gasteiger partial charge on any atom is 0.326 e. The average molecular weight is 475 g/mol. The Kier molecular flexibility index (Phi) is 7.00. The summed E-state index contributed by atoms with van der Waals surface area (Å²) >= 11 is 1.33. The second-order valence-corrected chi connectivity index (χ2v) is 11.2. The summed E-state index contributed by atoms with van der Waals surface area (Å²) in [6.07, 6.45) is 0. The van der Waals surface area contributed by atoms with Crippen LogP contribution in [0.5, 0.6) is 0 Å². The van der Waals surface area contributed by atoms with E-state index in [1.54, 1.807) is 25.3 Å². The number of carbonyl (C=O) groups excluding carboxylic acids is 2. The van der Waals surface area contributed by atoms with Crippen molar-refractivity contribution in [1.29, 1.82) is 0 Å². The van der Waals surface area contributed by atoms with E-state index in [0.717, 1.165) is 21.3 Å². The lowest BCUT2D eigenvalue weighted by Crippen LogP contribution is -2.23. The van der Waals surface area contributed by atoms with Crippen molar-refractivity contribution in [2.24, 2.45) is 4.99 Å². The Morgan fingerprint density at radius 3 is 2.38 bits per heavy atom. The van der Waals surface area contributed by atoms with Gasteiger partial charge in [0, 0.05) is 5.56 Å². The first kappa shape index (κ1) is 23.9. The average Bonchev–Trinajstić information content (AvgIpc) is 3.05. The van der Waals surface area contributed by atoms with Crippen molar-refractivity contribution in [1.82, 2.24) is 4.57 Å². The summed E-state index contributed by atoms with van der Waals surface area (Å²) in [4.78, 5) is 29.9. The van der Waals surface area contributed by atoms with E-state index in [4.69, 9.17) is 4.74 Å². The first-order valence-electron chi connectivity index (χ1n) is 10.2. The molecule has 0 saturated carbocycles. The van der Waals surface area contributed by atoms with E-state index >= 15 is 0 Å². The Morgan fingerprint density at radius 1 is 1.12 bits per heavy atom. The fourth-order valence-electron chi connectivity index (χ4n) is 3.30. The van der Waals surface area contributed by atoms with Gasteiger partial charge in [-0.05, 0) is 76.1 Å². The molecule has 1 heterocycles. The molecule has 0 N–H and O–H groups in total. The van der Waals surface area contributed by atoms with Crippen molar-refractivity contribution in [3.8, 4) is 0 Å². The van der Waals surface area contributed by atoms with Crippen LogP contribution in [-0.4, -0.2) is 36.7 Å². The number of rotatable bonds is 6. The lowest BCUT2D eigenvalue weighted by atomic mass is 10.1. The van der Waals surface area contributed by atoms with Gasteiger partial charge in [0.05, 0.1) is 27.0 Å². The summed E-state index contributed by atoms with van der Waals surface area (Å²) in [6.45, 7) is 9.09. The lowest BCUT2D eigenvalue weighted by Gasteiger charge is -2.08. The van der Waals surface area contributed by atoms with Crippen LogP contribution in [0, 0.1) is 13.8 Å². The molecule has 1 amide bonds. The largest absolute Gasteiger partial charge is 0.465 e. The summed E-state index contributed by atoms with van der Waals surface area (Å²) < 4.78 is 32.3. The van der Waals surface area contributed by atoms with Crippen LogP contribution in [0.3, 0.4) is 0 Å². The number of aromatic nitrogens is 1. The van der Waals surface area contributed by atoms with Gasteiger partial charge < -0.3 is 9.30 Å². The molecule has 0 spiro atoms. The molecule has 3 rings (SSSR count). The molecule has 32 heavy (non-hydrogen) atoms. The van der Waals surface area contributed by atoms with Crippen LogP contribution < -0.4 is 4.80 Å². The third-order valence-electron chi connectivity index (χ3n) is 4.95. The van der Waals surface area contributed by atoms with Crippen molar-refractivity contribution in [2.75, 3.05) is 6.61 Å². The topological polar surface area (TPSA) is 94.8 Å². The molecule has 0 aliphatic heterocycles. The van der Waals surface area contributed by atoms with Gasteiger partial charge in [0.25, 0.3) is 5.91 Å². The van der Waals surface area contributed by atoms with Gasteiger partial charge in [-0.25, -0.2) is 8.42 Å².